The molecule has 2 rings (SSSR count). The third-order valence-corrected chi connectivity index (χ3v) is 2.38. The molecule has 4 N–H and O–H groups in total. The van der Waals surface area contributed by atoms with E-state index in [9.17, 15) is 4.79 Å². The van der Waals surface area contributed by atoms with E-state index in [-0.39, 0.29) is 11.3 Å². The number of nitrogens with one attached hydrogen (secondary N) is 4. The van der Waals surface area contributed by atoms with E-state index < -0.39 is 11.7 Å². The summed E-state index contributed by atoms with van der Waals surface area (Å²) in [6.45, 7) is 5.32. The molecule has 104 valence electrons. The number of guanidine groups is 1. The summed E-state index contributed by atoms with van der Waals surface area (Å²) in [6, 6.07) is 0. The number of rotatable bonds is 0. The molecule has 0 spiro atoms. The molecule has 0 aromatic carbocycles. The Morgan fingerprint density at radius 3 is 2.95 bits per heavy atom. The fraction of sp³-hybridized carbons (Fsp3) is 0.500. The van der Waals surface area contributed by atoms with Crippen LogP contribution >= 0.6 is 11.6 Å². The minimum Gasteiger partial charge on any atom is -0.443 e. The third-order valence-electron chi connectivity index (χ3n) is 2.10. The molecule has 2 aliphatic rings. The van der Waals surface area contributed by atoms with E-state index in [1.165, 1.54) is 6.34 Å². The van der Waals surface area contributed by atoms with Crippen LogP contribution in [-0.4, -0.2) is 30.2 Å². The number of aliphatic imine (C=N–C) groups is 2. The van der Waals surface area contributed by atoms with Crippen molar-refractivity contribution in [2.24, 2.45) is 9.98 Å². The lowest BCUT2D eigenvalue weighted by molar-refractivity contribution is 0.0512. The number of nitrogens with zero attached hydrogens (tertiary/aromatic N) is 2. The molecule has 1 amide bonds. The summed E-state index contributed by atoms with van der Waals surface area (Å²) < 4.78 is 5.06. The summed E-state index contributed by atoms with van der Waals surface area (Å²) in [4.78, 5) is 19.5. The second-order valence-corrected chi connectivity index (χ2v) is 5.25. The van der Waals surface area contributed by atoms with Gasteiger partial charge in [-0.15, -0.1) is 0 Å². The van der Waals surface area contributed by atoms with Crippen LogP contribution in [0.3, 0.4) is 0 Å². The number of carbonyl (C=O) groups is 1. The quantitative estimate of drug-likeness (QED) is 0.380. The first-order valence-electron chi connectivity index (χ1n) is 5.64. The van der Waals surface area contributed by atoms with Crippen LogP contribution in [0.15, 0.2) is 20.8 Å². The van der Waals surface area contributed by atoms with Gasteiger partial charge in [0.15, 0.2) is 5.16 Å². The maximum atomic E-state index is 11.4. The van der Waals surface area contributed by atoms with Crippen molar-refractivity contribution in [2.45, 2.75) is 32.5 Å². The van der Waals surface area contributed by atoms with Crippen molar-refractivity contribution < 1.29 is 9.53 Å². The van der Waals surface area contributed by atoms with E-state index >= 15 is 0 Å². The predicted octanol–water partition coefficient (Wildman–Crippen LogP) is 0.340. The molecule has 2 aliphatic heterocycles. The molecule has 0 radical (unpaired) electrons. The lowest BCUT2D eigenvalue weighted by Gasteiger charge is -2.23. The number of hydrogen-bond donors (Lipinski definition) is 4. The van der Waals surface area contributed by atoms with Crippen LogP contribution in [0.25, 0.3) is 0 Å². The minimum atomic E-state index is -0.612. The highest BCUT2D eigenvalue weighted by molar-refractivity contribution is 6.30. The summed E-state index contributed by atoms with van der Waals surface area (Å²) in [7, 11) is 0. The van der Waals surface area contributed by atoms with Gasteiger partial charge in [0.1, 0.15) is 17.5 Å². The molecule has 0 aromatic rings. The van der Waals surface area contributed by atoms with E-state index in [0.29, 0.717) is 11.7 Å². The van der Waals surface area contributed by atoms with E-state index in [1.54, 1.807) is 20.8 Å². The molecule has 8 nitrogen and oxygen atoms in total. The van der Waals surface area contributed by atoms with Crippen molar-refractivity contribution in [3.63, 3.8) is 0 Å². The Labute approximate surface area is 115 Å². The molecule has 1 atom stereocenters. The standard InChI is InChI=1S/C10H15ClN6O2/c1-10(2,3)19-9(18)17-16-8-14-6(11)5-7(15-8)13-4-12-5/h4,7H,1-3H3,(H,12,13)(H,17,18)(H2,14,15,16). The second-order valence-electron chi connectivity index (χ2n) is 4.89. The first kappa shape index (κ1) is 13.5. The van der Waals surface area contributed by atoms with Crippen LogP contribution < -0.4 is 21.5 Å². The first-order valence-corrected chi connectivity index (χ1v) is 6.01. The molecule has 0 aliphatic carbocycles. The topological polar surface area (TPSA) is 99.1 Å². The highest BCUT2D eigenvalue weighted by atomic mass is 35.5. The number of halogens is 1. The first-order chi connectivity index (χ1) is 8.85. The van der Waals surface area contributed by atoms with E-state index in [4.69, 9.17) is 16.3 Å². The van der Waals surface area contributed by atoms with Gasteiger partial charge in [0, 0.05) is 0 Å². The molecular weight excluding hydrogens is 272 g/mol. The van der Waals surface area contributed by atoms with E-state index in [0.717, 1.165) is 0 Å². The van der Waals surface area contributed by atoms with Gasteiger partial charge in [-0.25, -0.2) is 15.2 Å². The van der Waals surface area contributed by atoms with Crippen LogP contribution in [0.5, 0.6) is 0 Å². The SMILES string of the molecule is CC(C)(C)OC(=O)NNC1=NC(Cl)=C2N=CNC2N1. The number of ether oxygens (including phenoxy) is 1. The summed E-state index contributed by atoms with van der Waals surface area (Å²) in [5.74, 6) is 0.294. The molecule has 9 heteroatoms. The van der Waals surface area contributed by atoms with Gasteiger partial charge in [-0.3, -0.25) is 5.43 Å². The lowest BCUT2D eigenvalue weighted by atomic mass is 10.2. The molecule has 0 bridgehead atoms. The largest absolute Gasteiger partial charge is 0.443 e. The molecule has 0 saturated carbocycles. The highest BCUT2D eigenvalue weighted by Crippen LogP contribution is 2.20. The zero-order valence-corrected chi connectivity index (χ0v) is 11.5. The molecule has 19 heavy (non-hydrogen) atoms. The fourth-order valence-electron chi connectivity index (χ4n) is 1.42. The highest BCUT2D eigenvalue weighted by Gasteiger charge is 2.26. The second kappa shape index (κ2) is 4.96. The number of hydrogen-bond acceptors (Lipinski definition) is 7. The molecule has 0 fully saturated rings. The monoisotopic (exact) mass is 286 g/mol. The Kier molecular flexibility index (Phi) is 3.52. The predicted molar refractivity (Wildman–Crippen MR) is 71.4 cm³/mol. The summed E-state index contributed by atoms with van der Waals surface area (Å²) in [6.07, 6.45) is 0.654. The van der Waals surface area contributed by atoms with E-state index in [2.05, 4.69) is 31.5 Å². The van der Waals surface area contributed by atoms with Gasteiger partial charge >= 0.3 is 6.09 Å². The van der Waals surface area contributed by atoms with Gasteiger partial charge in [0.05, 0.1) is 6.34 Å². The molecule has 0 aromatic heterocycles. The number of amides is 1. The maximum Gasteiger partial charge on any atom is 0.426 e. The van der Waals surface area contributed by atoms with Gasteiger partial charge in [0.25, 0.3) is 0 Å². The molecule has 2 heterocycles. The smallest absolute Gasteiger partial charge is 0.426 e. The van der Waals surface area contributed by atoms with Gasteiger partial charge in [-0.05, 0) is 20.8 Å². The summed E-state index contributed by atoms with van der Waals surface area (Å²) >= 11 is 5.95. The Balaban J connectivity index is 1.90. The van der Waals surface area contributed by atoms with Crippen molar-refractivity contribution in [1.82, 2.24) is 21.5 Å². The summed E-state index contributed by atoms with van der Waals surface area (Å²) in [5.41, 5.74) is 4.97. The zero-order chi connectivity index (χ0) is 14.0. The normalized spacial score (nSPS) is 21.1. The number of carbonyl (C=O) groups excluding carboxylic acids is 1. The molecule has 0 saturated heterocycles. The van der Waals surface area contributed by atoms with Crippen molar-refractivity contribution in [3.05, 3.63) is 10.9 Å². The fourth-order valence-corrected chi connectivity index (χ4v) is 1.66. The van der Waals surface area contributed by atoms with Crippen LogP contribution in [0, 0.1) is 0 Å². The van der Waals surface area contributed by atoms with Crippen molar-refractivity contribution in [3.8, 4) is 0 Å². The van der Waals surface area contributed by atoms with E-state index in [1.807, 2.05) is 0 Å². The number of hydrazine groups is 1. The molecule has 1 unspecified atom stereocenters. The Hall–Kier alpha value is -1.96. The van der Waals surface area contributed by atoms with Gasteiger partial charge in [0.2, 0.25) is 5.96 Å². The van der Waals surface area contributed by atoms with Crippen molar-refractivity contribution in [2.75, 3.05) is 0 Å². The van der Waals surface area contributed by atoms with Crippen LogP contribution in [-0.2, 0) is 4.74 Å². The average Bonchev–Trinajstić information content (AvgIpc) is 2.72. The third kappa shape index (κ3) is 3.50. The van der Waals surface area contributed by atoms with Crippen molar-refractivity contribution >= 4 is 30.0 Å². The van der Waals surface area contributed by atoms with Crippen LogP contribution in [0.1, 0.15) is 20.8 Å². The lowest BCUT2D eigenvalue weighted by Crippen LogP contribution is -2.55. The zero-order valence-electron chi connectivity index (χ0n) is 10.7. The number of fused-ring (bicyclic) bond motifs is 1. The Morgan fingerprint density at radius 1 is 1.53 bits per heavy atom. The van der Waals surface area contributed by atoms with Crippen LogP contribution in [0.2, 0.25) is 0 Å². The van der Waals surface area contributed by atoms with Gasteiger partial charge in [-0.1, -0.05) is 11.6 Å². The van der Waals surface area contributed by atoms with Gasteiger partial charge < -0.3 is 15.4 Å². The average molecular weight is 287 g/mol. The molecular formula is C10H15ClN6O2. The Bertz CT molecular complexity index is 479. The minimum absolute atomic E-state index is 0.249. The van der Waals surface area contributed by atoms with Crippen LogP contribution in [0.4, 0.5) is 4.79 Å². The van der Waals surface area contributed by atoms with Gasteiger partial charge in [-0.2, -0.15) is 4.99 Å². The Morgan fingerprint density at radius 2 is 2.26 bits per heavy atom. The maximum absolute atomic E-state index is 11.4. The van der Waals surface area contributed by atoms with Crippen molar-refractivity contribution in [1.29, 1.82) is 0 Å². The summed E-state index contributed by atoms with van der Waals surface area (Å²) in [5, 5.41) is 6.14.